The first-order chi connectivity index (χ1) is 12.3. The minimum Gasteiger partial charge on any atom is -0.385 e. The van der Waals surface area contributed by atoms with Crippen LogP contribution in [0.3, 0.4) is 0 Å². The zero-order chi connectivity index (χ0) is 19.2. The molecule has 1 aliphatic rings. The maximum absolute atomic E-state index is 13.2. The molecule has 0 heterocycles. The van der Waals surface area contributed by atoms with E-state index in [1.807, 2.05) is 0 Å². The van der Waals surface area contributed by atoms with Gasteiger partial charge in [-0.05, 0) is 42.4 Å². The summed E-state index contributed by atoms with van der Waals surface area (Å²) in [6.45, 7) is 1.27. The van der Waals surface area contributed by atoms with Gasteiger partial charge in [0.25, 0.3) is 0 Å². The van der Waals surface area contributed by atoms with Crippen molar-refractivity contribution < 1.29 is 22.3 Å². The van der Waals surface area contributed by atoms with Crippen molar-refractivity contribution in [3.8, 4) is 0 Å². The monoisotopic (exact) mass is 375 g/mol. The van der Waals surface area contributed by atoms with Crippen molar-refractivity contribution in [2.75, 3.05) is 27.3 Å². The van der Waals surface area contributed by atoms with E-state index in [4.69, 9.17) is 4.74 Å². The molecule has 0 spiro atoms. The Hall–Kier alpha value is -1.83. The standard InChI is InChI=1S/C18H25F4N3O/c1-23-16(25-12-17(6-3-7-17)8-9-26-2)24-11-13-4-5-14(19)10-15(13)18(20,21)22/h4-5,10H,3,6-9,11-12H2,1-2H3,(H2,23,24,25). The zero-order valence-corrected chi connectivity index (χ0v) is 15.0. The van der Waals surface area contributed by atoms with Crippen molar-refractivity contribution in [2.24, 2.45) is 10.4 Å². The number of halogens is 4. The van der Waals surface area contributed by atoms with E-state index in [1.54, 1.807) is 14.2 Å². The van der Waals surface area contributed by atoms with Crippen molar-refractivity contribution in [1.82, 2.24) is 10.6 Å². The van der Waals surface area contributed by atoms with Crippen molar-refractivity contribution >= 4 is 5.96 Å². The van der Waals surface area contributed by atoms with Gasteiger partial charge in [-0.2, -0.15) is 13.2 Å². The first-order valence-electron chi connectivity index (χ1n) is 8.59. The molecule has 1 aliphatic carbocycles. The number of rotatable bonds is 7. The molecule has 0 saturated heterocycles. The molecule has 1 saturated carbocycles. The summed E-state index contributed by atoms with van der Waals surface area (Å²) in [6, 6.07) is 2.68. The van der Waals surface area contributed by atoms with Gasteiger partial charge in [0.1, 0.15) is 5.82 Å². The number of nitrogens with zero attached hydrogens (tertiary/aromatic N) is 1. The van der Waals surface area contributed by atoms with Gasteiger partial charge in [0, 0.05) is 33.9 Å². The number of alkyl halides is 3. The molecule has 0 radical (unpaired) electrons. The molecule has 26 heavy (non-hydrogen) atoms. The number of methoxy groups -OCH3 is 1. The van der Waals surface area contributed by atoms with Crippen LogP contribution in [-0.2, 0) is 17.5 Å². The van der Waals surface area contributed by atoms with Crippen LogP contribution in [0.4, 0.5) is 17.6 Å². The fourth-order valence-electron chi connectivity index (χ4n) is 3.15. The van der Waals surface area contributed by atoms with Crippen LogP contribution in [0, 0.1) is 11.2 Å². The highest BCUT2D eigenvalue weighted by molar-refractivity contribution is 5.79. The lowest BCUT2D eigenvalue weighted by Crippen LogP contribution is -2.46. The summed E-state index contributed by atoms with van der Waals surface area (Å²) in [7, 11) is 3.23. The molecule has 0 aliphatic heterocycles. The molecule has 1 aromatic carbocycles. The molecule has 0 unspecified atom stereocenters. The first-order valence-corrected chi connectivity index (χ1v) is 8.59. The Morgan fingerprint density at radius 2 is 2.00 bits per heavy atom. The van der Waals surface area contributed by atoms with Crippen LogP contribution in [0.25, 0.3) is 0 Å². The molecule has 0 atom stereocenters. The fourth-order valence-corrected chi connectivity index (χ4v) is 3.15. The molecular formula is C18H25F4N3O. The minimum absolute atomic E-state index is 0.0282. The molecule has 1 fully saturated rings. The van der Waals surface area contributed by atoms with Crippen LogP contribution in [0.2, 0.25) is 0 Å². The van der Waals surface area contributed by atoms with Crippen molar-refractivity contribution in [2.45, 2.75) is 38.4 Å². The average Bonchev–Trinajstić information content (AvgIpc) is 2.56. The van der Waals surface area contributed by atoms with Crippen LogP contribution < -0.4 is 10.6 Å². The number of hydrogen-bond donors (Lipinski definition) is 2. The van der Waals surface area contributed by atoms with Crippen LogP contribution in [0.15, 0.2) is 23.2 Å². The number of benzene rings is 1. The van der Waals surface area contributed by atoms with E-state index >= 15 is 0 Å². The predicted molar refractivity (Wildman–Crippen MR) is 92.4 cm³/mol. The van der Waals surface area contributed by atoms with E-state index < -0.39 is 17.6 Å². The van der Waals surface area contributed by atoms with Gasteiger partial charge in [-0.15, -0.1) is 0 Å². The van der Waals surface area contributed by atoms with E-state index in [1.165, 1.54) is 6.42 Å². The smallest absolute Gasteiger partial charge is 0.385 e. The Bertz CT molecular complexity index is 627. The van der Waals surface area contributed by atoms with Gasteiger partial charge >= 0.3 is 6.18 Å². The first kappa shape index (κ1) is 20.5. The number of guanidine groups is 1. The molecule has 0 bridgehead atoms. The van der Waals surface area contributed by atoms with E-state index in [-0.39, 0.29) is 17.5 Å². The Morgan fingerprint density at radius 1 is 1.27 bits per heavy atom. The van der Waals surface area contributed by atoms with Crippen LogP contribution in [0.5, 0.6) is 0 Å². The second-order valence-electron chi connectivity index (χ2n) is 6.67. The minimum atomic E-state index is -4.60. The molecule has 0 aromatic heterocycles. The Kier molecular flexibility index (Phi) is 6.86. The van der Waals surface area contributed by atoms with E-state index in [2.05, 4.69) is 15.6 Å². The lowest BCUT2D eigenvalue weighted by molar-refractivity contribution is -0.138. The van der Waals surface area contributed by atoms with Crippen molar-refractivity contribution in [3.63, 3.8) is 0 Å². The van der Waals surface area contributed by atoms with Gasteiger partial charge in [0.2, 0.25) is 0 Å². The zero-order valence-electron chi connectivity index (χ0n) is 15.0. The van der Waals surface area contributed by atoms with Gasteiger partial charge < -0.3 is 15.4 Å². The third kappa shape index (κ3) is 5.33. The third-order valence-electron chi connectivity index (χ3n) is 4.93. The molecular weight excluding hydrogens is 350 g/mol. The predicted octanol–water partition coefficient (Wildman–Crippen LogP) is 3.72. The van der Waals surface area contributed by atoms with E-state index in [0.29, 0.717) is 25.2 Å². The molecule has 2 N–H and O–H groups in total. The maximum Gasteiger partial charge on any atom is 0.416 e. The molecule has 1 aromatic rings. The highest BCUT2D eigenvalue weighted by Crippen LogP contribution is 2.43. The van der Waals surface area contributed by atoms with Gasteiger partial charge in [-0.25, -0.2) is 4.39 Å². The normalized spacial score (nSPS) is 16.9. The van der Waals surface area contributed by atoms with Gasteiger partial charge in [-0.3, -0.25) is 4.99 Å². The number of hydrogen-bond acceptors (Lipinski definition) is 2. The van der Waals surface area contributed by atoms with Gasteiger partial charge in [-0.1, -0.05) is 12.5 Å². The highest BCUT2D eigenvalue weighted by atomic mass is 19.4. The molecule has 4 nitrogen and oxygen atoms in total. The van der Waals surface area contributed by atoms with E-state index in [0.717, 1.165) is 31.4 Å². The van der Waals surface area contributed by atoms with Crippen molar-refractivity contribution in [3.05, 3.63) is 35.1 Å². The van der Waals surface area contributed by atoms with Gasteiger partial charge in [0.05, 0.1) is 5.56 Å². The topological polar surface area (TPSA) is 45.7 Å². The summed E-state index contributed by atoms with van der Waals surface area (Å²) in [4.78, 5) is 4.06. The fraction of sp³-hybridized carbons (Fsp3) is 0.611. The van der Waals surface area contributed by atoms with Crippen LogP contribution >= 0.6 is 0 Å². The van der Waals surface area contributed by atoms with Crippen LogP contribution in [-0.4, -0.2) is 33.3 Å². The van der Waals surface area contributed by atoms with E-state index in [9.17, 15) is 17.6 Å². The summed E-state index contributed by atoms with van der Waals surface area (Å²) < 4.78 is 57.5. The maximum atomic E-state index is 13.2. The molecule has 2 rings (SSSR count). The number of ether oxygens (including phenoxy) is 1. The summed E-state index contributed by atoms with van der Waals surface area (Å²) in [5, 5.41) is 6.07. The lowest BCUT2D eigenvalue weighted by Gasteiger charge is -2.42. The second kappa shape index (κ2) is 8.70. The third-order valence-corrected chi connectivity index (χ3v) is 4.93. The summed E-state index contributed by atoms with van der Waals surface area (Å²) >= 11 is 0. The Labute approximate surface area is 151 Å². The molecule has 146 valence electrons. The molecule has 0 amide bonds. The Morgan fingerprint density at radius 3 is 2.54 bits per heavy atom. The highest BCUT2D eigenvalue weighted by Gasteiger charge is 2.36. The number of nitrogens with one attached hydrogen (secondary N) is 2. The lowest BCUT2D eigenvalue weighted by atomic mass is 9.67. The van der Waals surface area contributed by atoms with Crippen LogP contribution in [0.1, 0.15) is 36.8 Å². The average molecular weight is 375 g/mol. The Balaban J connectivity index is 1.95. The SMILES string of the molecule is CN=C(NCc1ccc(F)cc1C(F)(F)F)NCC1(CCOC)CCC1. The molecule has 8 heteroatoms. The number of aliphatic imine (C=N–C) groups is 1. The quantitative estimate of drug-likeness (QED) is 0.434. The summed E-state index contributed by atoms with van der Waals surface area (Å²) in [5.41, 5.74) is -0.851. The van der Waals surface area contributed by atoms with Crippen molar-refractivity contribution in [1.29, 1.82) is 0 Å². The summed E-state index contributed by atoms with van der Waals surface area (Å²) in [5.74, 6) is -0.486. The second-order valence-corrected chi connectivity index (χ2v) is 6.67. The largest absolute Gasteiger partial charge is 0.416 e. The summed E-state index contributed by atoms with van der Waals surface area (Å²) in [6.07, 6.45) is -0.315. The van der Waals surface area contributed by atoms with Gasteiger partial charge in [0.15, 0.2) is 5.96 Å².